The monoisotopic (exact) mass is 248 g/mol. The smallest absolute Gasteiger partial charge is 0.140 e. The average molecular weight is 248 g/mol. The van der Waals surface area contributed by atoms with Gasteiger partial charge in [0.2, 0.25) is 0 Å². The van der Waals surface area contributed by atoms with Crippen molar-refractivity contribution >= 4 is 0 Å². The highest BCUT2D eigenvalue weighted by atomic mass is 16.5. The van der Waals surface area contributed by atoms with Crippen molar-refractivity contribution in [1.29, 1.82) is 0 Å². The highest BCUT2D eigenvalue weighted by Crippen LogP contribution is 2.23. The molecule has 1 fully saturated rings. The van der Waals surface area contributed by atoms with Gasteiger partial charge in [0, 0.05) is 18.8 Å². The Labute approximate surface area is 110 Å². The van der Waals surface area contributed by atoms with Crippen LogP contribution in [-0.4, -0.2) is 24.2 Å². The summed E-state index contributed by atoms with van der Waals surface area (Å²) in [7, 11) is 0. The molecule has 1 aliphatic carbocycles. The number of aryl methyl sites for hydroxylation is 1. The predicted molar refractivity (Wildman–Crippen MR) is 73.9 cm³/mol. The normalized spacial score (nSPS) is 23.9. The number of hydrogen-bond acceptors (Lipinski definition) is 3. The van der Waals surface area contributed by atoms with Gasteiger partial charge >= 0.3 is 0 Å². The minimum absolute atomic E-state index is 0.678. The molecule has 1 saturated carbocycles. The molecule has 0 aliphatic heterocycles. The van der Waals surface area contributed by atoms with E-state index in [0.717, 1.165) is 30.5 Å². The first kappa shape index (κ1) is 13.3. The van der Waals surface area contributed by atoms with E-state index in [-0.39, 0.29) is 0 Å². The summed E-state index contributed by atoms with van der Waals surface area (Å²) in [5.41, 5.74) is 0.962. The molecule has 0 amide bonds. The van der Waals surface area contributed by atoms with E-state index in [4.69, 9.17) is 4.74 Å². The van der Waals surface area contributed by atoms with Gasteiger partial charge in [0.1, 0.15) is 12.4 Å². The first-order valence-electron chi connectivity index (χ1n) is 7.05. The zero-order valence-electron chi connectivity index (χ0n) is 11.5. The molecule has 3 nitrogen and oxygen atoms in total. The summed E-state index contributed by atoms with van der Waals surface area (Å²) in [4.78, 5) is 4.21. The molecule has 18 heavy (non-hydrogen) atoms. The lowest BCUT2D eigenvalue weighted by molar-refractivity contribution is 0.250. The summed E-state index contributed by atoms with van der Waals surface area (Å²) in [6.45, 7) is 5.97. The van der Waals surface area contributed by atoms with Crippen LogP contribution in [0.3, 0.4) is 0 Å². The lowest BCUT2D eigenvalue weighted by Gasteiger charge is -2.29. The lowest BCUT2D eigenvalue weighted by atomic mass is 9.86. The zero-order chi connectivity index (χ0) is 12.8. The zero-order valence-corrected chi connectivity index (χ0v) is 11.5. The molecule has 1 aliphatic rings. The maximum absolute atomic E-state index is 5.74. The number of nitrogens with one attached hydrogen (secondary N) is 1. The van der Waals surface area contributed by atoms with Crippen molar-refractivity contribution in [1.82, 2.24) is 10.3 Å². The van der Waals surface area contributed by atoms with Gasteiger partial charge in [-0.1, -0.05) is 19.8 Å². The molecule has 100 valence electrons. The van der Waals surface area contributed by atoms with Gasteiger partial charge in [0.25, 0.3) is 0 Å². The number of pyridine rings is 1. The Morgan fingerprint density at radius 2 is 2.22 bits per heavy atom. The molecule has 3 heteroatoms. The van der Waals surface area contributed by atoms with Crippen molar-refractivity contribution in [3.05, 3.63) is 24.0 Å². The van der Waals surface area contributed by atoms with Crippen LogP contribution in [0.1, 0.15) is 38.3 Å². The average Bonchev–Trinajstić information content (AvgIpc) is 2.38. The molecular formula is C15H24N2O. The summed E-state index contributed by atoms with van der Waals surface area (Å²) in [5.74, 6) is 1.70. The quantitative estimate of drug-likeness (QED) is 0.814. The number of rotatable bonds is 5. The van der Waals surface area contributed by atoms with Crippen molar-refractivity contribution in [2.45, 2.75) is 45.6 Å². The van der Waals surface area contributed by atoms with E-state index < -0.39 is 0 Å². The van der Waals surface area contributed by atoms with Gasteiger partial charge in [-0.25, -0.2) is 0 Å². The molecule has 2 rings (SSSR count). The van der Waals surface area contributed by atoms with E-state index in [9.17, 15) is 0 Å². The molecule has 1 aromatic heterocycles. The summed E-state index contributed by atoms with van der Waals surface area (Å²) in [6.07, 6.45) is 7.23. The molecule has 1 N–H and O–H groups in total. The third-order valence-electron chi connectivity index (χ3n) is 3.84. The summed E-state index contributed by atoms with van der Waals surface area (Å²) in [6, 6.07) is 4.57. The fraction of sp³-hybridized carbons (Fsp3) is 0.667. The van der Waals surface area contributed by atoms with Crippen molar-refractivity contribution in [3.8, 4) is 5.75 Å². The van der Waals surface area contributed by atoms with Crippen LogP contribution in [0.4, 0.5) is 0 Å². The lowest BCUT2D eigenvalue weighted by Crippen LogP contribution is -2.39. The second kappa shape index (κ2) is 6.74. The Bertz CT molecular complexity index is 367. The molecule has 0 radical (unpaired) electrons. The Hall–Kier alpha value is -1.09. The molecule has 0 aromatic carbocycles. The minimum Gasteiger partial charge on any atom is -0.490 e. The maximum atomic E-state index is 5.74. The van der Waals surface area contributed by atoms with Gasteiger partial charge in [-0.05, 0) is 37.8 Å². The second-order valence-corrected chi connectivity index (χ2v) is 5.26. The third kappa shape index (κ3) is 3.70. The fourth-order valence-electron chi connectivity index (χ4n) is 2.65. The van der Waals surface area contributed by atoms with Gasteiger partial charge in [0.05, 0.1) is 5.69 Å². The topological polar surface area (TPSA) is 34.1 Å². The number of hydrogen-bond donors (Lipinski definition) is 1. The number of aromatic nitrogens is 1. The van der Waals surface area contributed by atoms with Gasteiger partial charge in [0.15, 0.2) is 0 Å². The first-order valence-corrected chi connectivity index (χ1v) is 7.05. The van der Waals surface area contributed by atoms with Crippen molar-refractivity contribution in [3.63, 3.8) is 0 Å². The summed E-state index contributed by atoms with van der Waals surface area (Å²) >= 11 is 0. The van der Waals surface area contributed by atoms with Crippen LogP contribution in [0, 0.1) is 12.8 Å². The Kier molecular flexibility index (Phi) is 5.00. The van der Waals surface area contributed by atoms with Crippen LogP contribution >= 0.6 is 0 Å². The van der Waals surface area contributed by atoms with Gasteiger partial charge in [-0.3, -0.25) is 4.98 Å². The van der Waals surface area contributed by atoms with E-state index >= 15 is 0 Å². The van der Waals surface area contributed by atoms with E-state index in [1.165, 1.54) is 25.7 Å². The van der Waals surface area contributed by atoms with E-state index in [1.807, 2.05) is 19.1 Å². The Morgan fingerprint density at radius 3 is 3.00 bits per heavy atom. The van der Waals surface area contributed by atoms with Crippen LogP contribution in [0.5, 0.6) is 5.75 Å². The van der Waals surface area contributed by atoms with E-state index in [1.54, 1.807) is 6.20 Å². The van der Waals surface area contributed by atoms with Crippen molar-refractivity contribution in [2.75, 3.05) is 13.2 Å². The van der Waals surface area contributed by atoms with Gasteiger partial charge in [-0.2, -0.15) is 0 Å². The molecule has 0 bridgehead atoms. The van der Waals surface area contributed by atoms with Crippen LogP contribution in [0.15, 0.2) is 18.3 Å². The molecular weight excluding hydrogens is 224 g/mol. The Balaban J connectivity index is 1.68. The summed E-state index contributed by atoms with van der Waals surface area (Å²) in [5, 5.41) is 3.62. The second-order valence-electron chi connectivity index (χ2n) is 5.26. The molecule has 1 heterocycles. The third-order valence-corrected chi connectivity index (χ3v) is 3.84. The molecule has 0 saturated heterocycles. The molecule has 2 atom stereocenters. The van der Waals surface area contributed by atoms with Crippen molar-refractivity contribution in [2.24, 2.45) is 5.92 Å². The predicted octanol–water partition coefficient (Wildman–Crippen LogP) is 2.94. The van der Waals surface area contributed by atoms with Crippen LogP contribution in [0.25, 0.3) is 0 Å². The van der Waals surface area contributed by atoms with Crippen molar-refractivity contribution < 1.29 is 4.74 Å². The van der Waals surface area contributed by atoms with E-state index in [2.05, 4.69) is 17.2 Å². The molecule has 1 aromatic rings. The van der Waals surface area contributed by atoms with Crippen LogP contribution in [-0.2, 0) is 0 Å². The molecule has 2 unspecified atom stereocenters. The van der Waals surface area contributed by atoms with E-state index in [0.29, 0.717) is 6.04 Å². The van der Waals surface area contributed by atoms with Crippen LogP contribution in [0.2, 0.25) is 0 Å². The van der Waals surface area contributed by atoms with Gasteiger partial charge in [-0.15, -0.1) is 0 Å². The number of ether oxygens (including phenoxy) is 1. The Morgan fingerprint density at radius 1 is 1.39 bits per heavy atom. The number of nitrogens with zero attached hydrogens (tertiary/aromatic N) is 1. The largest absolute Gasteiger partial charge is 0.490 e. The van der Waals surface area contributed by atoms with Crippen LogP contribution < -0.4 is 10.1 Å². The van der Waals surface area contributed by atoms with Gasteiger partial charge < -0.3 is 10.1 Å². The minimum atomic E-state index is 0.678. The SMILES string of the molecule is Cc1ncccc1OCCNC1CCCCC1C. The standard InChI is InChI=1S/C15H24N2O/c1-12-6-3-4-7-14(12)17-10-11-18-15-8-5-9-16-13(15)2/h5,8-9,12,14,17H,3-4,6-7,10-11H2,1-2H3. The maximum Gasteiger partial charge on any atom is 0.140 e. The highest BCUT2D eigenvalue weighted by molar-refractivity contribution is 5.25. The highest BCUT2D eigenvalue weighted by Gasteiger charge is 2.20. The fourth-order valence-corrected chi connectivity index (χ4v) is 2.65. The summed E-state index contributed by atoms with van der Waals surface area (Å²) < 4.78 is 5.74. The molecule has 0 spiro atoms. The first-order chi connectivity index (χ1) is 8.77.